The summed E-state index contributed by atoms with van der Waals surface area (Å²) < 4.78 is 1.16. The first-order chi connectivity index (χ1) is 8.06. The molecule has 1 heterocycles. The summed E-state index contributed by atoms with van der Waals surface area (Å²) in [4.78, 5) is 10.6. The lowest BCUT2D eigenvalue weighted by Crippen LogP contribution is -2.11. The highest BCUT2D eigenvalue weighted by molar-refractivity contribution is 6.35. The maximum Gasteiger partial charge on any atom is 0.325 e. The molecule has 0 unspecified atom stereocenters. The number of hydrogen-bond acceptors (Lipinski definition) is 4. The van der Waals surface area contributed by atoms with E-state index >= 15 is 0 Å². The van der Waals surface area contributed by atoms with E-state index in [1.54, 1.807) is 18.2 Å². The van der Waals surface area contributed by atoms with Crippen molar-refractivity contribution < 1.29 is 9.90 Å². The van der Waals surface area contributed by atoms with Crippen molar-refractivity contribution in [3.8, 4) is 11.4 Å². The van der Waals surface area contributed by atoms with Crippen LogP contribution in [0.25, 0.3) is 11.4 Å². The Kier molecular flexibility index (Phi) is 3.26. The number of halogens is 2. The molecule has 0 aliphatic rings. The zero-order chi connectivity index (χ0) is 12.4. The number of aliphatic carboxylic acids is 1. The van der Waals surface area contributed by atoms with Gasteiger partial charge in [0, 0.05) is 15.6 Å². The maximum atomic E-state index is 10.6. The summed E-state index contributed by atoms with van der Waals surface area (Å²) in [5.74, 6) is -0.733. The Bertz CT molecular complexity index is 550. The Morgan fingerprint density at radius 2 is 1.94 bits per heavy atom. The Morgan fingerprint density at radius 1 is 1.29 bits per heavy atom. The molecule has 0 aliphatic carbocycles. The van der Waals surface area contributed by atoms with E-state index in [0.717, 1.165) is 4.68 Å². The van der Waals surface area contributed by atoms with Crippen LogP contribution in [0.3, 0.4) is 0 Å². The number of carbonyl (C=O) groups is 1. The van der Waals surface area contributed by atoms with Crippen LogP contribution in [0.1, 0.15) is 0 Å². The average molecular weight is 273 g/mol. The van der Waals surface area contributed by atoms with E-state index in [0.29, 0.717) is 21.4 Å². The van der Waals surface area contributed by atoms with Crippen LogP contribution in [-0.2, 0) is 11.3 Å². The molecule has 0 radical (unpaired) electrons. The molecule has 0 fully saturated rings. The standard InChI is InChI=1S/C9H6Cl2N4O2/c10-6-1-5(2-7(11)3-6)9-12-13-14-15(9)4-8(16)17/h1-3H,4H2,(H,16,17). The molecule has 1 aromatic carbocycles. The highest BCUT2D eigenvalue weighted by Crippen LogP contribution is 2.25. The van der Waals surface area contributed by atoms with Crippen molar-refractivity contribution in [1.82, 2.24) is 20.2 Å². The normalized spacial score (nSPS) is 10.5. The number of nitrogens with zero attached hydrogens (tertiary/aromatic N) is 4. The molecule has 8 heteroatoms. The molecule has 88 valence electrons. The largest absolute Gasteiger partial charge is 0.480 e. The number of aromatic nitrogens is 4. The third-order valence-corrected chi connectivity index (χ3v) is 2.37. The van der Waals surface area contributed by atoms with Crippen LogP contribution in [0, 0.1) is 0 Å². The fourth-order valence-electron chi connectivity index (χ4n) is 1.33. The van der Waals surface area contributed by atoms with E-state index in [1.165, 1.54) is 0 Å². The van der Waals surface area contributed by atoms with Crippen LogP contribution < -0.4 is 0 Å². The monoisotopic (exact) mass is 272 g/mol. The molecule has 0 aliphatic heterocycles. The Balaban J connectivity index is 2.45. The lowest BCUT2D eigenvalue weighted by Gasteiger charge is -2.03. The quantitative estimate of drug-likeness (QED) is 0.921. The zero-order valence-corrected chi connectivity index (χ0v) is 9.85. The molecule has 0 saturated heterocycles. The number of hydrogen-bond donors (Lipinski definition) is 1. The molecule has 2 aromatic rings. The summed E-state index contributed by atoms with van der Waals surface area (Å²) in [5, 5.41) is 20.3. The molecule has 2 rings (SSSR count). The molecule has 0 spiro atoms. The lowest BCUT2D eigenvalue weighted by molar-refractivity contribution is -0.137. The minimum absolute atomic E-state index is 0.303. The predicted octanol–water partition coefficient (Wildman–Crippen LogP) is 1.73. The van der Waals surface area contributed by atoms with Gasteiger partial charge in [-0.25, -0.2) is 4.68 Å². The zero-order valence-electron chi connectivity index (χ0n) is 8.34. The van der Waals surface area contributed by atoms with Crippen LogP contribution in [0.2, 0.25) is 10.0 Å². The third-order valence-electron chi connectivity index (χ3n) is 1.94. The van der Waals surface area contributed by atoms with Crippen LogP contribution >= 0.6 is 23.2 Å². The Labute approximate surface area is 106 Å². The number of tetrazole rings is 1. The maximum absolute atomic E-state index is 10.6. The van der Waals surface area contributed by atoms with Crippen molar-refractivity contribution in [1.29, 1.82) is 0 Å². The summed E-state index contributed by atoms with van der Waals surface area (Å²) in [6, 6.07) is 4.78. The second kappa shape index (κ2) is 4.68. The van der Waals surface area contributed by atoms with Gasteiger partial charge in [-0.3, -0.25) is 4.79 Å². The molecular formula is C9H6Cl2N4O2. The summed E-state index contributed by atoms with van der Waals surface area (Å²) in [6.07, 6.45) is 0. The third kappa shape index (κ3) is 2.72. The minimum atomic E-state index is -1.04. The van der Waals surface area contributed by atoms with Crippen molar-refractivity contribution >= 4 is 29.2 Å². The molecule has 1 aromatic heterocycles. The number of rotatable bonds is 3. The van der Waals surface area contributed by atoms with Gasteiger partial charge in [0.1, 0.15) is 6.54 Å². The first-order valence-electron chi connectivity index (χ1n) is 4.50. The van der Waals surface area contributed by atoms with Crippen molar-refractivity contribution in [2.45, 2.75) is 6.54 Å². The van der Waals surface area contributed by atoms with Gasteiger partial charge in [-0.15, -0.1) is 5.10 Å². The summed E-state index contributed by atoms with van der Waals surface area (Å²) >= 11 is 11.7. The SMILES string of the molecule is O=C(O)Cn1nnnc1-c1cc(Cl)cc(Cl)c1. The molecule has 1 N–H and O–H groups in total. The van der Waals surface area contributed by atoms with Gasteiger partial charge in [0.15, 0.2) is 5.82 Å². The van der Waals surface area contributed by atoms with Crippen LogP contribution in [0.4, 0.5) is 0 Å². The van der Waals surface area contributed by atoms with E-state index < -0.39 is 5.97 Å². The van der Waals surface area contributed by atoms with Crippen LogP contribution in [0.15, 0.2) is 18.2 Å². The topological polar surface area (TPSA) is 80.9 Å². The first-order valence-corrected chi connectivity index (χ1v) is 5.26. The van der Waals surface area contributed by atoms with E-state index in [1.807, 2.05) is 0 Å². The second-order valence-electron chi connectivity index (χ2n) is 3.21. The second-order valence-corrected chi connectivity index (χ2v) is 4.08. The fraction of sp³-hybridized carbons (Fsp3) is 0.111. The Morgan fingerprint density at radius 3 is 2.53 bits per heavy atom. The van der Waals surface area contributed by atoms with Gasteiger partial charge < -0.3 is 5.11 Å². The number of benzene rings is 1. The van der Waals surface area contributed by atoms with Gasteiger partial charge in [-0.2, -0.15) is 0 Å². The van der Waals surface area contributed by atoms with Crippen LogP contribution in [0.5, 0.6) is 0 Å². The molecular weight excluding hydrogens is 267 g/mol. The molecule has 0 amide bonds. The highest BCUT2D eigenvalue weighted by Gasteiger charge is 2.12. The van der Waals surface area contributed by atoms with E-state index in [4.69, 9.17) is 28.3 Å². The van der Waals surface area contributed by atoms with E-state index in [-0.39, 0.29) is 6.54 Å². The smallest absolute Gasteiger partial charge is 0.325 e. The van der Waals surface area contributed by atoms with Gasteiger partial charge in [-0.1, -0.05) is 23.2 Å². The number of carboxylic acids is 1. The van der Waals surface area contributed by atoms with Crippen molar-refractivity contribution in [3.05, 3.63) is 28.2 Å². The average Bonchev–Trinajstić information content (AvgIpc) is 2.63. The predicted molar refractivity (Wildman–Crippen MR) is 60.9 cm³/mol. The summed E-state index contributed by atoms with van der Waals surface area (Å²) in [5.41, 5.74) is 0.564. The van der Waals surface area contributed by atoms with Gasteiger partial charge in [0.05, 0.1) is 0 Å². The van der Waals surface area contributed by atoms with E-state index in [9.17, 15) is 4.79 Å². The Hall–Kier alpha value is -1.66. The molecule has 0 atom stereocenters. The van der Waals surface area contributed by atoms with Gasteiger partial charge >= 0.3 is 5.97 Å². The molecule has 17 heavy (non-hydrogen) atoms. The van der Waals surface area contributed by atoms with Crippen molar-refractivity contribution in [2.75, 3.05) is 0 Å². The van der Waals surface area contributed by atoms with Crippen molar-refractivity contribution in [3.63, 3.8) is 0 Å². The fourth-order valence-corrected chi connectivity index (χ4v) is 1.85. The van der Waals surface area contributed by atoms with Crippen molar-refractivity contribution in [2.24, 2.45) is 0 Å². The summed E-state index contributed by atoms with van der Waals surface area (Å²) in [7, 11) is 0. The van der Waals surface area contributed by atoms with Gasteiger partial charge in [0.2, 0.25) is 0 Å². The lowest BCUT2D eigenvalue weighted by atomic mass is 10.2. The van der Waals surface area contributed by atoms with Gasteiger partial charge in [-0.05, 0) is 28.6 Å². The van der Waals surface area contributed by atoms with E-state index in [2.05, 4.69) is 15.5 Å². The van der Waals surface area contributed by atoms with Gasteiger partial charge in [0.25, 0.3) is 0 Å². The first kappa shape index (κ1) is 11.8. The highest BCUT2D eigenvalue weighted by atomic mass is 35.5. The molecule has 0 bridgehead atoms. The van der Waals surface area contributed by atoms with Crippen LogP contribution in [-0.4, -0.2) is 31.3 Å². The molecule has 0 saturated carbocycles. The summed E-state index contributed by atoms with van der Waals surface area (Å²) in [6.45, 7) is -0.327. The number of carboxylic acid groups (broad SMARTS) is 1. The molecule has 6 nitrogen and oxygen atoms in total. The minimum Gasteiger partial charge on any atom is -0.480 e.